The van der Waals surface area contributed by atoms with E-state index in [-0.39, 0.29) is 12.7 Å². The van der Waals surface area contributed by atoms with Crippen molar-refractivity contribution in [1.29, 1.82) is 0 Å². The fourth-order valence-electron chi connectivity index (χ4n) is 2.61. The van der Waals surface area contributed by atoms with Crippen LogP contribution in [0.3, 0.4) is 0 Å². The largest absolute Gasteiger partial charge is 0.449 e. The first-order valence-electron chi connectivity index (χ1n) is 8.19. The summed E-state index contributed by atoms with van der Waals surface area (Å²) in [5.74, 6) is 0. The molecular weight excluding hydrogens is 435 g/mol. The van der Waals surface area contributed by atoms with Gasteiger partial charge in [0, 0.05) is 6.07 Å². The van der Waals surface area contributed by atoms with Gasteiger partial charge in [-0.15, -0.1) is 0 Å². The molecule has 0 aliphatic heterocycles. The smallest absolute Gasteiger partial charge is 0.418 e. The summed E-state index contributed by atoms with van der Waals surface area (Å²) in [7, 11) is 0. The van der Waals surface area contributed by atoms with Crippen molar-refractivity contribution in [3.63, 3.8) is 0 Å². The molecule has 0 unspecified atom stereocenters. The summed E-state index contributed by atoms with van der Waals surface area (Å²) >= 11 is 5.73. The molecule has 1 amide bonds. The molecule has 0 atom stereocenters. The van der Waals surface area contributed by atoms with Crippen LogP contribution >= 0.6 is 11.6 Å². The Labute approximate surface area is 171 Å². The molecule has 0 aromatic heterocycles. The minimum Gasteiger partial charge on any atom is -0.449 e. The van der Waals surface area contributed by atoms with Crippen LogP contribution in [0.5, 0.6) is 0 Å². The van der Waals surface area contributed by atoms with Crippen molar-refractivity contribution in [1.82, 2.24) is 0 Å². The van der Waals surface area contributed by atoms with Crippen molar-refractivity contribution in [2.75, 3.05) is 11.5 Å². The molecule has 0 saturated carbocycles. The predicted octanol–water partition coefficient (Wildman–Crippen LogP) is 5.34. The van der Waals surface area contributed by atoms with E-state index in [0.29, 0.717) is 10.5 Å². The molecule has 0 aliphatic rings. The highest BCUT2D eigenvalue weighted by atomic mass is 35.5. The number of alkyl halides is 3. The van der Waals surface area contributed by atoms with E-state index in [2.05, 4.69) is 0 Å². The van der Waals surface area contributed by atoms with E-state index >= 15 is 0 Å². The number of rotatable bonds is 6. The maximum Gasteiger partial charge on any atom is 0.418 e. The van der Waals surface area contributed by atoms with Crippen molar-refractivity contribution < 1.29 is 32.5 Å². The third-order valence-electron chi connectivity index (χ3n) is 3.82. The summed E-state index contributed by atoms with van der Waals surface area (Å²) in [5.41, 5.74) is -5.44. The normalized spacial score (nSPS) is 11.1. The molecule has 2 aromatic carbocycles. The zero-order valence-corrected chi connectivity index (χ0v) is 15.9. The summed E-state index contributed by atoms with van der Waals surface area (Å²) in [6.07, 6.45) is -6.60. The number of nitro groups is 2. The second kappa shape index (κ2) is 8.95. The Hall–Kier alpha value is -3.41. The number of anilines is 1. The molecule has 0 bridgehead atoms. The van der Waals surface area contributed by atoms with Gasteiger partial charge in [0.15, 0.2) is 5.02 Å². The summed E-state index contributed by atoms with van der Waals surface area (Å²) in [6.45, 7) is 0.609. The SMILES string of the molecule is CCOC(=O)N(Cc1ccccc1)c1c(C(F)(F)F)cc([N+](=O)[O-])c(Cl)c1[N+](=O)[O-]. The van der Waals surface area contributed by atoms with Gasteiger partial charge in [-0.1, -0.05) is 41.9 Å². The number of carbonyl (C=O) groups excluding carboxylic acids is 1. The molecule has 160 valence electrons. The van der Waals surface area contributed by atoms with Crippen LogP contribution in [0, 0.1) is 20.2 Å². The molecular formula is C17H13ClF3N3O6. The van der Waals surface area contributed by atoms with Gasteiger partial charge >= 0.3 is 18.0 Å². The Kier molecular flexibility index (Phi) is 6.82. The Morgan fingerprint density at radius 2 is 1.77 bits per heavy atom. The van der Waals surface area contributed by atoms with E-state index in [1.165, 1.54) is 19.1 Å². The maximum atomic E-state index is 13.7. The molecule has 0 saturated heterocycles. The van der Waals surface area contributed by atoms with Crippen LogP contribution in [0.2, 0.25) is 5.02 Å². The topological polar surface area (TPSA) is 116 Å². The Morgan fingerprint density at radius 3 is 2.23 bits per heavy atom. The highest BCUT2D eigenvalue weighted by molar-refractivity contribution is 6.35. The Morgan fingerprint density at radius 1 is 1.17 bits per heavy atom. The van der Waals surface area contributed by atoms with Gasteiger partial charge in [0.05, 0.1) is 28.6 Å². The molecule has 0 N–H and O–H groups in total. The lowest BCUT2D eigenvalue weighted by Crippen LogP contribution is -2.33. The van der Waals surface area contributed by atoms with Gasteiger partial charge in [0.25, 0.3) is 5.69 Å². The van der Waals surface area contributed by atoms with Crippen LogP contribution in [0.4, 0.5) is 35.0 Å². The minimum atomic E-state index is -5.28. The lowest BCUT2D eigenvalue weighted by molar-refractivity contribution is -0.393. The monoisotopic (exact) mass is 447 g/mol. The third kappa shape index (κ3) is 4.76. The average molecular weight is 448 g/mol. The Balaban J connectivity index is 2.89. The second-order valence-corrected chi connectivity index (χ2v) is 6.12. The number of halogens is 4. The average Bonchev–Trinajstić information content (AvgIpc) is 2.65. The second-order valence-electron chi connectivity index (χ2n) is 5.74. The number of hydrogen-bond donors (Lipinski definition) is 0. The van der Waals surface area contributed by atoms with Gasteiger partial charge in [-0.05, 0) is 12.5 Å². The van der Waals surface area contributed by atoms with Crippen molar-refractivity contribution in [3.8, 4) is 0 Å². The van der Waals surface area contributed by atoms with E-state index < -0.39 is 56.3 Å². The van der Waals surface area contributed by atoms with Crippen molar-refractivity contribution in [2.24, 2.45) is 0 Å². The zero-order valence-electron chi connectivity index (χ0n) is 15.2. The minimum absolute atomic E-state index is 0.0574. The van der Waals surface area contributed by atoms with Gasteiger partial charge in [-0.2, -0.15) is 13.2 Å². The fraction of sp³-hybridized carbons (Fsp3) is 0.235. The van der Waals surface area contributed by atoms with Crippen LogP contribution < -0.4 is 4.90 Å². The van der Waals surface area contributed by atoms with Crippen molar-refractivity contribution >= 4 is 34.8 Å². The lowest BCUT2D eigenvalue weighted by atomic mass is 10.1. The molecule has 0 aliphatic carbocycles. The predicted molar refractivity (Wildman–Crippen MR) is 99.4 cm³/mol. The molecule has 2 rings (SSSR count). The number of carbonyl (C=O) groups is 1. The molecule has 13 heteroatoms. The third-order valence-corrected chi connectivity index (χ3v) is 4.19. The standard InChI is InChI=1S/C17H13ClF3N3O6/c1-2-30-16(25)22(9-10-6-4-3-5-7-10)14-11(17(19,20)21)8-12(23(26)27)13(18)15(14)24(28)29/h3-8H,2,9H2,1H3. The van der Waals surface area contributed by atoms with Crippen LogP contribution in [-0.4, -0.2) is 22.5 Å². The molecule has 0 radical (unpaired) electrons. The van der Waals surface area contributed by atoms with Crippen LogP contribution in [-0.2, 0) is 17.5 Å². The van der Waals surface area contributed by atoms with Gasteiger partial charge in [-0.3, -0.25) is 25.1 Å². The summed E-state index contributed by atoms with van der Waals surface area (Å²) < 4.78 is 46.0. The number of ether oxygens (including phenoxy) is 1. The van der Waals surface area contributed by atoms with Crippen molar-refractivity contribution in [3.05, 3.63) is 72.8 Å². The van der Waals surface area contributed by atoms with Crippen LogP contribution in [0.15, 0.2) is 36.4 Å². The Bertz CT molecular complexity index is 985. The first kappa shape index (κ1) is 22.9. The first-order valence-corrected chi connectivity index (χ1v) is 8.57. The van der Waals surface area contributed by atoms with Crippen LogP contribution in [0.1, 0.15) is 18.1 Å². The highest BCUT2D eigenvalue weighted by Crippen LogP contribution is 2.49. The van der Waals surface area contributed by atoms with Crippen LogP contribution in [0.25, 0.3) is 0 Å². The lowest BCUT2D eigenvalue weighted by Gasteiger charge is -2.25. The van der Waals surface area contributed by atoms with E-state index in [0.717, 1.165) is 0 Å². The number of nitrogens with zero attached hydrogens (tertiary/aromatic N) is 3. The summed E-state index contributed by atoms with van der Waals surface area (Å²) in [6, 6.07) is 7.70. The van der Waals surface area contributed by atoms with Gasteiger partial charge < -0.3 is 4.74 Å². The number of nitro benzene ring substituents is 2. The number of benzene rings is 2. The van der Waals surface area contributed by atoms with Crippen molar-refractivity contribution in [2.45, 2.75) is 19.6 Å². The fourth-order valence-corrected chi connectivity index (χ4v) is 2.89. The molecule has 30 heavy (non-hydrogen) atoms. The number of hydrogen-bond acceptors (Lipinski definition) is 6. The maximum absolute atomic E-state index is 13.7. The van der Waals surface area contributed by atoms with E-state index in [9.17, 15) is 38.2 Å². The molecule has 0 heterocycles. The quantitative estimate of drug-likeness (QED) is 0.436. The van der Waals surface area contributed by atoms with E-state index in [4.69, 9.17) is 16.3 Å². The first-order chi connectivity index (χ1) is 14.0. The highest BCUT2D eigenvalue weighted by Gasteiger charge is 2.45. The summed E-state index contributed by atoms with van der Waals surface area (Å²) in [5, 5.41) is 21.6. The summed E-state index contributed by atoms with van der Waals surface area (Å²) in [4.78, 5) is 33.0. The van der Waals surface area contributed by atoms with Gasteiger partial charge in [0.2, 0.25) is 0 Å². The van der Waals surface area contributed by atoms with Gasteiger partial charge in [-0.25, -0.2) is 4.79 Å². The van der Waals surface area contributed by atoms with Gasteiger partial charge in [0.1, 0.15) is 5.69 Å². The molecule has 0 fully saturated rings. The molecule has 2 aromatic rings. The van der Waals surface area contributed by atoms with E-state index in [1.54, 1.807) is 18.2 Å². The number of amides is 1. The van der Waals surface area contributed by atoms with E-state index in [1.807, 2.05) is 0 Å². The zero-order chi connectivity index (χ0) is 22.6. The molecule has 9 nitrogen and oxygen atoms in total. The molecule has 0 spiro atoms.